The zero-order valence-corrected chi connectivity index (χ0v) is 12.1. The lowest BCUT2D eigenvalue weighted by Gasteiger charge is -2.28. The number of fused-ring (bicyclic) bond motifs is 1. The highest BCUT2D eigenvalue weighted by Crippen LogP contribution is 2.19. The molecule has 1 aliphatic heterocycles. The van der Waals surface area contributed by atoms with Crippen LogP contribution >= 0.6 is 0 Å². The van der Waals surface area contributed by atoms with Crippen molar-refractivity contribution in [3.05, 3.63) is 70.5 Å². The molecule has 0 aromatic heterocycles. The zero-order valence-electron chi connectivity index (χ0n) is 12.1. The van der Waals surface area contributed by atoms with Crippen molar-refractivity contribution in [2.45, 2.75) is 19.9 Å². The second kappa shape index (κ2) is 5.78. The smallest absolute Gasteiger partial charge is 0.176 e. The molecule has 0 unspecified atom stereocenters. The van der Waals surface area contributed by atoms with E-state index in [2.05, 4.69) is 23.1 Å². The number of benzene rings is 2. The molecule has 3 rings (SSSR count). The molecule has 2 aromatic carbocycles. The Kier molecular flexibility index (Phi) is 3.84. The van der Waals surface area contributed by atoms with E-state index in [9.17, 15) is 9.18 Å². The maximum absolute atomic E-state index is 13.3. The summed E-state index contributed by atoms with van der Waals surface area (Å²) in [6.07, 6.45) is 0.978. The molecule has 0 N–H and O–H groups in total. The number of carbonyl (C=O) groups excluding carboxylic acids is 1. The van der Waals surface area contributed by atoms with Gasteiger partial charge in [0.25, 0.3) is 0 Å². The maximum Gasteiger partial charge on any atom is 0.176 e. The van der Waals surface area contributed by atoms with Gasteiger partial charge in [0.1, 0.15) is 5.82 Å². The molecule has 0 saturated heterocycles. The molecule has 0 atom stereocenters. The number of rotatable bonds is 3. The van der Waals surface area contributed by atoms with E-state index in [0.717, 1.165) is 19.5 Å². The molecule has 0 saturated carbocycles. The highest BCUT2D eigenvalue weighted by Gasteiger charge is 2.19. The number of halogens is 1. The van der Waals surface area contributed by atoms with Crippen molar-refractivity contribution in [2.24, 2.45) is 0 Å². The average molecular weight is 283 g/mol. The monoisotopic (exact) mass is 283 g/mol. The van der Waals surface area contributed by atoms with Crippen LogP contribution < -0.4 is 0 Å². The molecule has 2 nitrogen and oxygen atoms in total. The number of carbonyl (C=O) groups is 1. The summed E-state index contributed by atoms with van der Waals surface area (Å²) in [7, 11) is 0. The number of hydrogen-bond acceptors (Lipinski definition) is 2. The number of hydrogen-bond donors (Lipinski definition) is 0. The first-order valence-electron chi connectivity index (χ1n) is 7.22. The Morgan fingerprint density at radius 2 is 1.95 bits per heavy atom. The van der Waals surface area contributed by atoms with Gasteiger partial charge in [-0.1, -0.05) is 24.3 Å². The van der Waals surface area contributed by atoms with Crippen molar-refractivity contribution >= 4 is 5.78 Å². The minimum absolute atomic E-state index is 0.0532. The summed E-state index contributed by atoms with van der Waals surface area (Å²) in [5.41, 5.74) is 3.78. The third-order valence-corrected chi connectivity index (χ3v) is 4.06. The van der Waals surface area contributed by atoms with Crippen LogP contribution in [0.3, 0.4) is 0 Å². The minimum atomic E-state index is -0.265. The molecule has 0 bridgehead atoms. The van der Waals surface area contributed by atoms with Gasteiger partial charge in [-0.25, -0.2) is 4.39 Å². The summed E-state index contributed by atoms with van der Waals surface area (Å²) in [4.78, 5) is 14.5. The fourth-order valence-electron chi connectivity index (χ4n) is 2.80. The highest BCUT2D eigenvalue weighted by molar-refractivity contribution is 5.97. The fraction of sp³-hybridized carbons (Fsp3) is 0.278. The molecule has 1 heterocycles. The quantitative estimate of drug-likeness (QED) is 0.805. The first-order valence-corrected chi connectivity index (χ1v) is 7.22. The Balaban J connectivity index is 1.70. The fourth-order valence-corrected chi connectivity index (χ4v) is 2.80. The Morgan fingerprint density at radius 1 is 1.19 bits per heavy atom. The van der Waals surface area contributed by atoms with Crippen molar-refractivity contribution < 1.29 is 9.18 Å². The minimum Gasteiger partial charge on any atom is -0.293 e. The summed E-state index contributed by atoms with van der Waals surface area (Å²) in [5.74, 6) is -0.212. The normalized spacial score (nSPS) is 14.8. The van der Waals surface area contributed by atoms with Gasteiger partial charge in [-0.2, -0.15) is 0 Å². The summed E-state index contributed by atoms with van der Waals surface area (Å²) in [6.45, 7) is 3.77. The van der Waals surface area contributed by atoms with Crippen LogP contribution in [0.15, 0.2) is 42.5 Å². The largest absolute Gasteiger partial charge is 0.293 e. The Bertz CT molecular complexity index is 681. The van der Waals surface area contributed by atoms with E-state index in [1.165, 1.54) is 17.2 Å². The van der Waals surface area contributed by atoms with E-state index in [-0.39, 0.29) is 11.6 Å². The van der Waals surface area contributed by atoms with Gasteiger partial charge in [-0.3, -0.25) is 9.69 Å². The molecule has 0 radical (unpaired) electrons. The molecule has 1 aliphatic rings. The Labute approximate surface area is 124 Å². The molecule has 3 heteroatoms. The zero-order chi connectivity index (χ0) is 14.8. The second-order valence-corrected chi connectivity index (χ2v) is 5.62. The van der Waals surface area contributed by atoms with Crippen molar-refractivity contribution in [3.8, 4) is 0 Å². The van der Waals surface area contributed by atoms with Crippen LogP contribution in [0.2, 0.25) is 0 Å². The summed E-state index contributed by atoms with van der Waals surface area (Å²) in [6, 6.07) is 12.9. The van der Waals surface area contributed by atoms with E-state index in [0.29, 0.717) is 17.7 Å². The molecule has 21 heavy (non-hydrogen) atoms. The van der Waals surface area contributed by atoms with E-state index in [1.54, 1.807) is 19.1 Å². The lowest BCUT2D eigenvalue weighted by molar-refractivity contribution is 0.0921. The number of aryl methyl sites for hydroxylation is 1. The van der Waals surface area contributed by atoms with E-state index < -0.39 is 0 Å². The number of Topliss-reactive ketones (excluding diaryl/α,β-unsaturated/α-hetero) is 1. The van der Waals surface area contributed by atoms with Crippen molar-refractivity contribution in [2.75, 3.05) is 13.1 Å². The first kappa shape index (κ1) is 14.0. The molecule has 0 fully saturated rings. The van der Waals surface area contributed by atoms with Crippen molar-refractivity contribution in [1.82, 2.24) is 4.90 Å². The highest BCUT2D eigenvalue weighted by atomic mass is 19.1. The van der Waals surface area contributed by atoms with Crippen LogP contribution in [0, 0.1) is 12.7 Å². The molecule has 0 spiro atoms. The van der Waals surface area contributed by atoms with Gasteiger partial charge < -0.3 is 0 Å². The van der Waals surface area contributed by atoms with Gasteiger partial charge in [0, 0.05) is 18.7 Å². The van der Waals surface area contributed by atoms with Gasteiger partial charge >= 0.3 is 0 Å². The summed E-state index contributed by atoms with van der Waals surface area (Å²) in [5, 5.41) is 0. The van der Waals surface area contributed by atoms with Crippen LogP contribution in [0.1, 0.15) is 27.0 Å². The van der Waals surface area contributed by atoms with E-state index >= 15 is 0 Å². The van der Waals surface area contributed by atoms with Crippen LogP contribution in [-0.4, -0.2) is 23.8 Å². The maximum atomic E-state index is 13.3. The molecule has 0 aliphatic carbocycles. The van der Waals surface area contributed by atoms with Gasteiger partial charge in [0.2, 0.25) is 0 Å². The lowest BCUT2D eigenvalue weighted by atomic mass is 9.99. The van der Waals surface area contributed by atoms with Crippen LogP contribution in [-0.2, 0) is 13.0 Å². The first-order chi connectivity index (χ1) is 10.1. The Morgan fingerprint density at radius 3 is 2.71 bits per heavy atom. The van der Waals surface area contributed by atoms with Crippen molar-refractivity contribution in [1.29, 1.82) is 0 Å². The Hall–Kier alpha value is -2.00. The van der Waals surface area contributed by atoms with Crippen LogP contribution in [0.5, 0.6) is 0 Å². The molecule has 108 valence electrons. The average Bonchev–Trinajstić information content (AvgIpc) is 2.50. The predicted molar refractivity (Wildman–Crippen MR) is 80.9 cm³/mol. The van der Waals surface area contributed by atoms with Crippen molar-refractivity contribution in [3.63, 3.8) is 0 Å². The SMILES string of the molecule is Cc1cc(C(=O)CN2CCc3ccccc3C2)ccc1F. The number of nitrogens with zero attached hydrogens (tertiary/aromatic N) is 1. The second-order valence-electron chi connectivity index (χ2n) is 5.62. The standard InChI is InChI=1S/C18H18FNO/c1-13-10-15(6-7-17(13)19)18(21)12-20-9-8-14-4-2-3-5-16(14)11-20/h2-7,10H,8-9,11-12H2,1H3. The third-order valence-electron chi connectivity index (χ3n) is 4.06. The van der Waals surface area contributed by atoms with E-state index in [4.69, 9.17) is 0 Å². The number of ketones is 1. The summed E-state index contributed by atoms with van der Waals surface area (Å²) < 4.78 is 13.3. The molecular formula is C18H18FNO. The van der Waals surface area contributed by atoms with E-state index in [1.807, 2.05) is 6.07 Å². The van der Waals surface area contributed by atoms with Gasteiger partial charge in [0.05, 0.1) is 6.54 Å². The molecular weight excluding hydrogens is 265 g/mol. The summed E-state index contributed by atoms with van der Waals surface area (Å²) >= 11 is 0. The molecule has 2 aromatic rings. The topological polar surface area (TPSA) is 20.3 Å². The van der Waals surface area contributed by atoms with Crippen LogP contribution in [0.25, 0.3) is 0 Å². The van der Waals surface area contributed by atoms with Gasteiger partial charge in [0.15, 0.2) is 5.78 Å². The van der Waals surface area contributed by atoms with Gasteiger partial charge in [-0.15, -0.1) is 0 Å². The third kappa shape index (κ3) is 3.03. The van der Waals surface area contributed by atoms with Gasteiger partial charge in [-0.05, 0) is 48.2 Å². The lowest BCUT2D eigenvalue weighted by Crippen LogP contribution is -2.34. The van der Waals surface area contributed by atoms with Crippen LogP contribution in [0.4, 0.5) is 4.39 Å². The molecule has 0 amide bonds. The predicted octanol–water partition coefficient (Wildman–Crippen LogP) is 3.38.